The smallest absolute Gasteiger partial charge is 0.379 e. The number of rotatable bonds is 10. The maximum atomic E-state index is 13.5. The fourth-order valence-corrected chi connectivity index (χ4v) is 1.59. The molecule has 0 amide bonds. The predicted octanol–water partition coefficient (Wildman–Crippen LogP) is 5.25. The Balaban J connectivity index is 5.76. The van der Waals surface area contributed by atoms with E-state index in [1.54, 1.807) is 0 Å². The Hall–Kier alpha value is -1.83. The van der Waals surface area contributed by atoms with Crippen molar-refractivity contribution in [1.29, 1.82) is 0 Å². The summed E-state index contributed by atoms with van der Waals surface area (Å²) in [5, 5.41) is 2.28. The molecule has 0 rings (SSSR count). The van der Waals surface area contributed by atoms with Crippen molar-refractivity contribution in [2.75, 3.05) is 13.6 Å². The SMILES string of the molecule is C=CN/C=C\N(C)CCC(F)(F)C(F)(F)C(F)(F)C(F)(F)C(F)(F)C(F)(F)F. The lowest BCUT2D eigenvalue weighted by Crippen LogP contribution is -2.70. The van der Waals surface area contributed by atoms with Gasteiger partial charge in [0.05, 0.1) is 0 Å². The molecule has 0 fully saturated rings. The Kier molecular flexibility index (Phi) is 7.37. The van der Waals surface area contributed by atoms with Crippen LogP contribution in [0.3, 0.4) is 0 Å². The molecule has 15 heteroatoms. The van der Waals surface area contributed by atoms with Crippen LogP contribution in [0.2, 0.25) is 0 Å². The van der Waals surface area contributed by atoms with Crippen molar-refractivity contribution in [3.8, 4) is 0 Å². The highest BCUT2D eigenvalue weighted by atomic mass is 19.4. The minimum Gasteiger partial charge on any atom is -0.379 e. The van der Waals surface area contributed by atoms with E-state index in [-0.39, 0.29) is 0 Å². The molecule has 28 heavy (non-hydrogen) atoms. The van der Waals surface area contributed by atoms with Crippen LogP contribution in [0.4, 0.5) is 57.1 Å². The first kappa shape index (κ1) is 26.2. The molecular weight excluding hydrogens is 431 g/mol. The van der Waals surface area contributed by atoms with E-state index in [0.717, 1.165) is 25.6 Å². The Morgan fingerprint density at radius 3 is 1.57 bits per heavy atom. The predicted molar refractivity (Wildman–Crippen MR) is 70.5 cm³/mol. The van der Waals surface area contributed by atoms with Gasteiger partial charge in [0.2, 0.25) is 0 Å². The second-order valence-corrected chi connectivity index (χ2v) is 5.42. The van der Waals surface area contributed by atoms with Crippen LogP contribution in [0.25, 0.3) is 0 Å². The zero-order chi connectivity index (χ0) is 22.8. The van der Waals surface area contributed by atoms with Crippen LogP contribution in [0, 0.1) is 0 Å². The van der Waals surface area contributed by atoms with Crippen molar-refractivity contribution in [3.63, 3.8) is 0 Å². The average molecular weight is 444 g/mol. The van der Waals surface area contributed by atoms with Crippen LogP contribution >= 0.6 is 0 Å². The molecule has 0 aliphatic rings. The number of hydrogen-bond donors (Lipinski definition) is 1. The molecule has 0 aromatic heterocycles. The summed E-state index contributed by atoms with van der Waals surface area (Å²) in [6.45, 7) is 1.98. The van der Waals surface area contributed by atoms with Crippen molar-refractivity contribution in [1.82, 2.24) is 10.2 Å². The lowest BCUT2D eigenvalue weighted by atomic mass is 9.92. The average Bonchev–Trinajstić information content (AvgIpc) is 2.51. The van der Waals surface area contributed by atoms with Crippen molar-refractivity contribution >= 4 is 0 Å². The van der Waals surface area contributed by atoms with Gasteiger partial charge in [0.1, 0.15) is 0 Å². The van der Waals surface area contributed by atoms with Gasteiger partial charge >= 0.3 is 35.8 Å². The van der Waals surface area contributed by atoms with Gasteiger partial charge in [-0.25, -0.2) is 0 Å². The fourth-order valence-electron chi connectivity index (χ4n) is 1.59. The molecule has 0 spiro atoms. The molecule has 0 heterocycles. The second-order valence-electron chi connectivity index (χ2n) is 5.42. The third kappa shape index (κ3) is 4.42. The van der Waals surface area contributed by atoms with Gasteiger partial charge in [-0.3, -0.25) is 0 Å². The van der Waals surface area contributed by atoms with Gasteiger partial charge in [-0.15, -0.1) is 0 Å². The monoisotopic (exact) mass is 444 g/mol. The Labute approximate surface area is 149 Å². The first-order chi connectivity index (χ1) is 12.2. The van der Waals surface area contributed by atoms with Crippen LogP contribution < -0.4 is 5.32 Å². The summed E-state index contributed by atoms with van der Waals surface area (Å²) in [6.07, 6.45) is -6.69. The van der Waals surface area contributed by atoms with Crippen LogP contribution in [0.5, 0.6) is 0 Å². The van der Waals surface area contributed by atoms with Crippen LogP contribution in [0.15, 0.2) is 25.2 Å². The molecule has 0 aromatic rings. The van der Waals surface area contributed by atoms with Gasteiger partial charge in [0.25, 0.3) is 0 Å². The molecule has 166 valence electrons. The van der Waals surface area contributed by atoms with Gasteiger partial charge < -0.3 is 10.2 Å². The lowest BCUT2D eigenvalue weighted by molar-refractivity contribution is -0.440. The third-order valence-electron chi connectivity index (χ3n) is 3.32. The van der Waals surface area contributed by atoms with Crippen molar-refractivity contribution in [3.05, 3.63) is 25.2 Å². The Morgan fingerprint density at radius 1 is 0.750 bits per heavy atom. The lowest BCUT2D eigenvalue weighted by Gasteiger charge is -2.40. The van der Waals surface area contributed by atoms with Crippen molar-refractivity contribution in [2.45, 2.75) is 42.2 Å². The van der Waals surface area contributed by atoms with E-state index in [1.807, 2.05) is 0 Å². The maximum absolute atomic E-state index is 13.5. The molecule has 0 bridgehead atoms. The molecule has 0 aromatic carbocycles. The standard InChI is InChI=1S/C13H13F13N2/c1-3-27-5-7-28(2)6-4-8(14,15)9(16,17)10(18,19)11(20,21)12(22,23)13(24,25)26/h3,5,7,27H,1,4,6H2,2H3/b7-5-. The summed E-state index contributed by atoms with van der Waals surface area (Å²) in [7, 11) is 0.958. The van der Waals surface area contributed by atoms with Gasteiger partial charge in [-0.1, -0.05) is 6.58 Å². The number of hydrogen-bond acceptors (Lipinski definition) is 2. The van der Waals surface area contributed by atoms with Crippen LogP contribution in [-0.4, -0.2) is 54.3 Å². The first-order valence-electron chi connectivity index (χ1n) is 6.90. The largest absolute Gasteiger partial charge is 0.460 e. The normalized spacial score (nSPS) is 15.1. The van der Waals surface area contributed by atoms with Crippen LogP contribution in [0.1, 0.15) is 6.42 Å². The van der Waals surface area contributed by atoms with E-state index in [9.17, 15) is 57.1 Å². The fraction of sp³-hybridized carbons (Fsp3) is 0.692. The highest BCUT2D eigenvalue weighted by molar-refractivity contribution is 5.10. The van der Waals surface area contributed by atoms with E-state index in [0.29, 0.717) is 4.90 Å². The number of halogens is 13. The van der Waals surface area contributed by atoms with E-state index >= 15 is 0 Å². The van der Waals surface area contributed by atoms with E-state index in [2.05, 4.69) is 11.9 Å². The van der Waals surface area contributed by atoms with Gasteiger partial charge in [0, 0.05) is 32.4 Å². The first-order valence-corrected chi connectivity index (χ1v) is 6.90. The molecule has 0 aliphatic carbocycles. The molecule has 1 N–H and O–H groups in total. The van der Waals surface area contributed by atoms with Crippen molar-refractivity contribution < 1.29 is 57.1 Å². The number of nitrogens with zero attached hydrogens (tertiary/aromatic N) is 1. The molecule has 0 saturated heterocycles. The second kappa shape index (κ2) is 7.89. The van der Waals surface area contributed by atoms with Gasteiger partial charge in [0.15, 0.2) is 0 Å². The van der Waals surface area contributed by atoms with E-state index in [1.165, 1.54) is 0 Å². The summed E-state index contributed by atoms with van der Waals surface area (Å²) >= 11 is 0. The molecule has 0 unspecified atom stereocenters. The quantitative estimate of drug-likeness (QED) is 0.463. The topological polar surface area (TPSA) is 15.3 Å². The summed E-state index contributed by atoms with van der Waals surface area (Å²) in [6, 6.07) is 0. The summed E-state index contributed by atoms with van der Waals surface area (Å²) in [5.41, 5.74) is 0. The molecular formula is C13H13F13N2. The molecule has 0 aliphatic heterocycles. The molecule has 0 saturated carbocycles. The molecule has 2 nitrogen and oxygen atoms in total. The number of alkyl halides is 13. The summed E-state index contributed by atoms with van der Waals surface area (Å²) < 4.78 is 167. The zero-order valence-corrected chi connectivity index (χ0v) is 13.7. The summed E-state index contributed by atoms with van der Waals surface area (Å²) in [4.78, 5) is 0.682. The molecule has 0 atom stereocenters. The Morgan fingerprint density at radius 2 is 1.18 bits per heavy atom. The van der Waals surface area contributed by atoms with Gasteiger partial charge in [-0.2, -0.15) is 57.1 Å². The van der Waals surface area contributed by atoms with Crippen LogP contribution in [-0.2, 0) is 0 Å². The van der Waals surface area contributed by atoms with E-state index < -0.39 is 48.8 Å². The van der Waals surface area contributed by atoms with Crippen molar-refractivity contribution in [2.24, 2.45) is 0 Å². The van der Waals surface area contributed by atoms with E-state index in [4.69, 9.17) is 0 Å². The highest BCUT2D eigenvalue weighted by Gasteiger charge is 2.90. The minimum absolute atomic E-state index is 0.682. The molecule has 0 radical (unpaired) electrons. The third-order valence-corrected chi connectivity index (χ3v) is 3.32. The minimum atomic E-state index is -7.87. The highest BCUT2D eigenvalue weighted by Crippen LogP contribution is 2.60. The number of nitrogens with one attached hydrogen (secondary N) is 1. The summed E-state index contributed by atoms with van der Waals surface area (Å²) in [5.74, 6) is -36.7. The zero-order valence-electron chi connectivity index (χ0n) is 13.7. The van der Waals surface area contributed by atoms with Gasteiger partial charge in [-0.05, 0) is 6.20 Å². The Bertz CT molecular complexity index is 565. The maximum Gasteiger partial charge on any atom is 0.460 e.